The van der Waals surface area contributed by atoms with Crippen LogP contribution in [0.4, 0.5) is 5.69 Å². The molecule has 0 aromatic heterocycles. The van der Waals surface area contributed by atoms with E-state index in [9.17, 15) is 9.59 Å². The average molecular weight is 265 g/mol. The third-order valence-corrected chi connectivity index (χ3v) is 2.86. The number of rotatable bonds is 5. The molecule has 0 fully saturated rings. The van der Waals surface area contributed by atoms with Crippen LogP contribution in [-0.4, -0.2) is 24.7 Å². The van der Waals surface area contributed by atoms with Crippen molar-refractivity contribution in [1.29, 1.82) is 0 Å². The molecule has 0 aliphatic heterocycles. The fourth-order valence-electron chi connectivity index (χ4n) is 1.33. The third kappa shape index (κ3) is 3.92. The second-order valence-electron chi connectivity index (χ2n) is 3.48. The summed E-state index contributed by atoms with van der Waals surface area (Å²) < 4.78 is 4.94. The molecule has 1 amide bonds. The number of hydrogen-bond donors (Lipinski definition) is 1. The Hall–Kier alpha value is -1.75. The first-order valence-electron chi connectivity index (χ1n) is 5.32. The second kappa shape index (κ2) is 6.86. The number of ether oxygens (including phenoxy) is 1. The molecule has 1 rings (SSSR count). The SMILES string of the molecule is C=CCOC(=O)c1ccc(NC(C)=O)c(SC)c1. The number of carbonyl (C=O) groups is 2. The Balaban J connectivity index is 2.93. The normalized spacial score (nSPS) is 9.67. The lowest BCUT2D eigenvalue weighted by Gasteiger charge is -2.09. The van der Waals surface area contributed by atoms with Gasteiger partial charge in [-0.3, -0.25) is 4.79 Å². The maximum absolute atomic E-state index is 11.6. The number of esters is 1. The largest absolute Gasteiger partial charge is 0.458 e. The maximum atomic E-state index is 11.6. The van der Waals surface area contributed by atoms with Crippen molar-refractivity contribution in [2.24, 2.45) is 0 Å². The summed E-state index contributed by atoms with van der Waals surface area (Å²) in [6.07, 6.45) is 3.39. The van der Waals surface area contributed by atoms with Gasteiger partial charge in [-0.05, 0) is 24.5 Å². The Kier molecular flexibility index (Phi) is 5.45. The van der Waals surface area contributed by atoms with E-state index in [1.807, 2.05) is 6.26 Å². The van der Waals surface area contributed by atoms with Gasteiger partial charge >= 0.3 is 5.97 Å². The molecule has 1 N–H and O–H groups in total. The lowest BCUT2D eigenvalue weighted by molar-refractivity contribution is -0.114. The molecule has 0 aliphatic rings. The minimum atomic E-state index is -0.403. The van der Waals surface area contributed by atoms with Crippen molar-refractivity contribution in [3.8, 4) is 0 Å². The first-order chi connectivity index (χ1) is 8.58. The molecule has 96 valence electrons. The topological polar surface area (TPSA) is 55.4 Å². The summed E-state index contributed by atoms with van der Waals surface area (Å²) in [6.45, 7) is 5.10. The molecule has 0 bridgehead atoms. The van der Waals surface area contributed by atoms with E-state index < -0.39 is 5.97 Å². The number of hydrogen-bond acceptors (Lipinski definition) is 4. The van der Waals surface area contributed by atoms with E-state index in [1.165, 1.54) is 24.8 Å². The number of anilines is 1. The van der Waals surface area contributed by atoms with E-state index in [0.29, 0.717) is 11.3 Å². The van der Waals surface area contributed by atoms with Crippen LogP contribution >= 0.6 is 11.8 Å². The summed E-state index contributed by atoms with van der Waals surface area (Å²) in [5.74, 6) is -0.549. The molecular formula is C13H15NO3S. The first kappa shape index (κ1) is 14.3. The molecule has 0 saturated carbocycles. The van der Waals surface area contributed by atoms with E-state index in [4.69, 9.17) is 4.74 Å². The zero-order valence-corrected chi connectivity index (χ0v) is 11.2. The van der Waals surface area contributed by atoms with Crippen LogP contribution in [0.25, 0.3) is 0 Å². The molecule has 5 heteroatoms. The highest BCUT2D eigenvalue weighted by Gasteiger charge is 2.10. The molecule has 1 aromatic carbocycles. The fraction of sp³-hybridized carbons (Fsp3) is 0.231. The van der Waals surface area contributed by atoms with Crippen molar-refractivity contribution in [1.82, 2.24) is 0 Å². The van der Waals surface area contributed by atoms with Gasteiger partial charge < -0.3 is 10.1 Å². The smallest absolute Gasteiger partial charge is 0.338 e. The number of thioether (sulfide) groups is 1. The molecule has 0 spiro atoms. The van der Waals surface area contributed by atoms with Gasteiger partial charge in [-0.15, -0.1) is 11.8 Å². The standard InChI is InChI=1S/C13H15NO3S/c1-4-7-17-13(16)10-5-6-11(14-9(2)15)12(8-10)18-3/h4-6,8H,1,7H2,2-3H3,(H,14,15). The summed E-state index contributed by atoms with van der Waals surface area (Å²) in [7, 11) is 0. The van der Waals surface area contributed by atoms with Gasteiger partial charge in [-0.1, -0.05) is 12.7 Å². The minimum Gasteiger partial charge on any atom is -0.458 e. The quantitative estimate of drug-likeness (QED) is 0.505. The Bertz CT molecular complexity index is 471. The molecule has 0 radical (unpaired) electrons. The van der Waals surface area contributed by atoms with Gasteiger partial charge in [0.15, 0.2) is 0 Å². The highest BCUT2D eigenvalue weighted by molar-refractivity contribution is 7.98. The van der Waals surface area contributed by atoms with Crippen LogP contribution in [0.3, 0.4) is 0 Å². The number of amides is 1. The van der Waals surface area contributed by atoms with Gasteiger partial charge in [-0.2, -0.15) is 0 Å². The first-order valence-corrected chi connectivity index (χ1v) is 6.54. The van der Waals surface area contributed by atoms with Gasteiger partial charge in [0.25, 0.3) is 0 Å². The predicted molar refractivity (Wildman–Crippen MR) is 73.0 cm³/mol. The van der Waals surface area contributed by atoms with Gasteiger partial charge in [-0.25, -0.2) is 4.79 Å². The summed E-state index contributed by atoms with van der Waals surface area (Å²) in [6, 6.07) is 5.01. The Morgan fingerprint density at radius 1 is 1.50 bits per heavy atom. The monoisotopic (exact) mass is 265 g/mol. The van der Waals surface area contributed by atoms with Crippen molar-refractivity contribution in [3.63, 3.8) is 0 Å². The predicted octanol–water partition coefficient (Wildman–Crippen LogP) is 2.71. The molecule has 0 unspecified atom stereocenters. The highest BCUT2D eigenvalue weighted by Crippen LogP contribution is 2.26. The summed E-state index contributed by atoms with van der Waals surface area (Å²) in [5, 5.41) is 2.71. The van der Waals surface area contributed by atoms with Crippen LogP contribution in [0.15, 0.2) is 35.7 Å². The molecule has 4 nitrogen and oxygen atoms in total. The van der Waals surface area contributed by atoms with Crippen molar-refractivity contribution < 1.29 is 14.3 Å². The lowest BCUT2D eigenvalue weighted by atomic mass is 10.2. The van der Waals surface area contributed by atoms with Crippen LogP contribution in [0.1, 0.15) is 17.3 Å². The van der Waals surface area contributed by atoms with Crippen molar-refractivity contribution in [2.45, 2.75) is 11.8 Å². The molecule has 1 aromatic rings. The Morgan fingerprint density at radius 3 is 2.78 bits per heavy atom. The average Bonchev–Trinajstić information content (AvgIpc) is 2.35. The van der Waals surface area contributed by atoms with Crippen LogP contribution in [0, 0.1) is 0 Å². The number of nitrogens with one attached hydrogen (secondary N) is 1. The van der Waals surface area contributed by atoms with Crippen LogP contribution < -0.4 is 5.32 Å². The maximum Gasteiger partial charge on any atom is 0.338 e. The highest BCUT2D eigenvalue weighted by atomic mass is 32.2. The van der Waals surface area contributed by atoms with E-state index in [1.54, 1.807) is 18.2 Å². The van der Waals surface area contributed by atoms with Crippen LogP contribution in [0.5, 0.6) is 0 Å². The van der Waals surface area contributed by atoms with Gasteiger partial charge in [0, 0.05) is 11.8 Å². The fourth-order valence-corrected chi connectivity index (χ4v) is 1.91. The molecule has 0 aliphatic carbocycles. The van der Waals surface area contributed by atoms with Gasteiger partial charge in [0.1, 0.15) is 6.61 Å². The van der Waals surface area contributed by atoms with E-state index in [0.717, 1.165) is 4.90 Å². The third-order valence-electron chi connectivity index (χ3n) is 2.08. The number of benzene rings is 1. The van der Waals surface area contributed by atoms with E-state index in [-0.39, 0.29) is 12.5 Å². The van der Waals surface area contributed by atoms with E-state index in [2.05, 4.69) is 11.9 Å². The molecule has 18 heavy (non-hydrogen) atoms. The summed E-state index contributed by atoms with van der Waals surface area (Å²) in [5.41, 5.74) is 1.14. The zero-order chi connectivity index (χ0) is 13.5. The van der Waals surface area contributed by atoms with Crippen LogP contribution in [-0.2, 0) is 9.53 Å². The van der Waals surface area contributed by atoms with E-state index >= 15 is 0 Å². The second-order valence-corrected chi connectivity index (χ2v) is 4.33. The Morgan fingerprint density at radius 2 is 2.22 bits per heavy atom. The van der Waals surface area contributed by atoms with Gasteiger partial charge in [0.2, 0.25) is 5.91 Å². The lowest BCUT2D eigenvalue weighted by Crippen LogP contribution is -2.09. The van der Waals surface area contributed by atoms with Gasteiger partial charge in [0.05, 0.1) is 11.3 Å². The van der Waals surface area contributed by atoms with Crippen molar-refractivity contribution in [3.05, 3.63) is 36.4 Å². The number of carbonyl (C=O) groups excluding carboxylic acids is 2. The molecular weight excluding hydrogens is 250 g/mol. The minimum absolute atomic E-state index is 0.146. The molecule has 0 atom stereocenters. The van der Waals surface area contributed by atoms with Crippen LogP contribution in [0.2, 0.25) is 0 Å². The zero-order valence-electron chi connectivity index (χ0n) is 10.4. The molecule has 0 heterocycles. The Labute approximate surface area is 110 Å². The summed E-state index contributed by atoms with van der Waals surface area (Å²) in [4.78, 5) is 23.5. The summed E-state index contributed by atoms with van der Waals surface area (Å²) >= 11 is 1.45. The van der Waals surface area contributed by atoms with Crippen molar-refractivity contribution in [2.75, 3.05) is 18.2 Å². The molecule has 0 saturated heterocycles. The van der Waals surface area contributed by atoms with Crippen molar-refractivity contribution >= 4 is 29.3 Å².